The molecule has 2 aliphatic heterocycles. The van der Waals surface area contributed by atoms with E-state index in [0.29, 0.717) is 21.6 Å². The molecule has 0 saturated carbocycles. The van der Waals surface area contributed by atoms with Crippen LogP contribution < -0.4 is 10.5 Å². The van der Waals surface area contributed by atoms with E-state index in [4.69, 9.17) is 16.0 Å². The molecule has 0 fully saturated rings. The smallest absolute Gasteiger partial charge is 0.347 e. The quantitative estimate of drug-likeness (QED) is 0.310. The third-order valence-electron chi connectivity index (χ3n) is 6.18. The van der Waals surface area contributed by atoms with Crippen LogP contribution in [0, 0.1) is 0 Å². The highest BCUT2D eigenvalue weighted by atomic mass is 35.5. The molecule has 156 valence electrons. The summed E-state index contributed by atoms with van der Waals surface area (Å²) in [5.74, 6) is -0.606. The summed E-state index contributed by atoms with van der Waals surface area (Å²) in [4.78, 5) is 40.7. The Morgan fingerprint density at radius 3 is 2.71 bits per heavy atom. The number of benzene rings is 2. The molecule has 0 aliphatic carbocycles. The second-order valence-corrected chi connectivity index (χ2v) is 9.29. The van der Waals surface area contributed by atoms with Gasteiger partial charge in [0.05, 0.1) is 11.3 Å². The lowest BCUT2D eigenvalue weighted by molar-refractivity contribution is -0.114. The number of rotatable bonds is 2. The highest BCUT2D eigenvalue weighted by Gasteiger charge is 2.47. The van der Waals surface area contributed by atoms with Crippen molar-refractivity contribution in [3.8, 4) is 0 Å². The summed E-state index contributed by atoms with van der Waals surface area (Å²) < 4.78 is 5.29. The standard InChI is InChI=1S/C25H20ClNO4/c1-13-12-25(2,3)27-22-16(13)9-15(26)10-17(22)18(23(27)29)11-20(28)19-8-14-6-4-5-7-21(14)31-24(19)30/h4-11,13H,12H2,1-3H3/b18-11-. The van der Waals surface area contributed by atoms with Crippen LogP contribution in [0.3, 0.4) is 0 Å². The van der Waals surface area contributed by atoms with Gasteiger partial charge in [0.2, 0.25) is 0 Å². The zero-order chi connectivity index (χ0) is 22.1. The number of ketones is 1. The minimum atomic E-state index is -0.729. The van der Waals surface area contributed by atoms with Gasteiger partial charge in [0.25, 0.3) is 5.91 Å². The number of amides is 1. The Morgan fingerprint density at radius 2 is 1.94 bits per heavy atom. The number of fused-ring (bicyclic) bond motifs is 1. The number of nitrogens with zero attached hydrogens (tertiary/aromatic N) is 1. The van der Waals surface area contributed by atoms with Crippen molar-refractivity contribution in [2.45, 2.75) is 38.6 Å². The number of para-hydroxylation sites is 1. The van der Waals surface area contributed by atoms with E-state index in [9.17, 15) is 14.4 Å². The van der Waals surface area contributed by atoms with Gasteiger partial charge in [-0.2, -0.15) is 0 Å². The molecule has 1 aromatic heterocycles. The van der Waals surface area contributed by atoms with Crippen LogP contribution >= 0.6 is 11.6 Å². The lowest BCUT2D eigenvalue weighted by Gasteiger charge is -2.43. The van der Waals surface area contributed by atoms with E-state index in [2.05, 4.69) is 6.92 Å². The molecule has 3 aromatic rings. The Labute approximate surface area is 183 Å². The number of anilines is 1. The number of hydrogen-bond acceptors (Lipinski definition) is 4. The summed E-state index contributed by atoms with van der Waals surface area (Å²) in [5.41, 5.74) is 1.84. The van der Waals surface area contributed by atoms with Crippen molar-refractivity contribution < 1.29 is 14.0 Å². The number of carbonyl (C=O) groups excluding carboxylic acids is 2. The van der Waals surface area contributed by atoms with Gasteiger partial charge in [-0.3, -0.25) is 9.59 Å². The Balaban J connectivity index is 1.68. The van der Waals surface area contributed by atoms with Crippen molar-refractivity contribution in [2.24, 2.45) is 0 Å². The third kappa shape index (κ3) is 2.95. The minimum Gasteiger partial charge on any atom is -0.422 e. The van der Waals surface area contributed by atoms with Gasteiger partial charge in [-0.25, -0.2) is 4.79 Å². The highest BCUT2D eigenvalue weighted by Crippen LogP contribution is 2.52. The van der Waals surface area contributed by atoms with Gasteiger partial charge in [-0.1, -0.05) is 36.7 Å². The number of allylic oxidation sites excluding steroid dienone is 1. The molecule has 1 amide bonds. The van der Waals surface area contributed by atoms with Crippen LogP contribution in [0.1, 0.15) is 54.6 Å². The molecule has 1 unspecified atom stereocenters. The van der Waals surface area contributed by atoms with Crippen LogP contribution in [0.4, 0.5) is 5.69 Å². The van der Waals surface area contributed by atoms with E-state index < -0.39 is 16.9 Å². The lowest BCUT2D eigenvalue weighted by atomic mass is 9.80. The highest BCUT2D eigenvalue weighted by molar-refractivity contribution is 6.38. The maximum atomic E-state index is 13.4. The molecule has 5 nitrogen and oxygen atoms in total. The Bertz CT molecular complexity index is 1380. The summed E-state index contributed by atoms with van der Waals surface area (Å²) in [6, 6.07) is 12.1. The largest absolute Gasteiger partial charge is 0.422 e. The van der Waals surface area contributed by atoms with Gasteiger partial charge in [0.15, 0.2) is 5.78 Å². The molecule has 1 atom stereocenters. The average molecular weight is 434 g/mol. The fourth-order valence-corrected chi connectivity index (χ4v) is 5.12. The number of halogens is 1. The molecular formula is C25H20ClNO4. The molecule has 0 spiro atoms. The van der Waals surface area contributed by atoms with Gasteiger partial charge in [0, 0.05) is 21.5 Å². The van der Waals surface area contributed by atoms with Crippen molar-refractivity contribution in [3.63, 3.8) is 0 Å². The van der Waals surface area contributed by atoms with E-state index >= 15 is 0 Å². The summed E-state index contributed by atoms with van der Waals surface area (Å²) in [6.07, 6.45) is 2.02. The molecule has 0 bridgehead atoms. The van der Waals surface area contributed by atoms with Crippen LogP contribution in [0.2, 0.25) is 5.02 Å². The zero-order valence-electron chi connectivity index (χ0n) is 17.4. The zero-order valence-corrected chi connectivity index (χ0v) is 18.1. The Morgan fingerprint density at radius 1 is 1.19 bits per heavy atom. The van der Waals surface area contributed by atoms with Gasteiger partial charge in [-0.05, 0) is 62.1 Å². The van der Waals surface area contributed by atoms with Gasteiger partial charge < -0.3 is 9.32 Å². The number of carbonyl (C=O) groups is 2. The number of hydrogen-bond donors (Lipinski definition) is 0. The molecule has 2 aliphatic rings. The van der Waals surface area contributed by atoms with Crippen molar-refractivity contribution >= 4 is 45.5 Å². The van der Waals surface area contributed by atoms with E-state index in [0.717, 1.165) is 17.7 Å². The summed E-state index contributed by atoms with van der Waals surface area (Å²) in [5, 5.41) is 1.15. The summed E-state index contributed by atoms with van der Waals surface area (Å²) in [7, 11) is 0. The summed E-state index contributed by atoms with van der Waals surface area (Å²) >= 11 is 6.37. The first kappa shape index (κ1) is 19.8. The van der Waals surface area contributed by atoms with Gasteiger partial charge in [0.1, 0.15) is 11.1 Å². The Kier molecular flexibility index (Phi) is 4.25. The molecule has 31 heavy (non-hydrogen) atoms. The lowest BCUT2D eigenvalue weighted by Crippen LogP contribution is -2.49. The van der Waals surface area contributed by atoms with Crippen molar-refractivity contribution in [3.05, 3.63) is 80.7 Å². The summed E-state index contributed by atoms with van der Waals surface area (Å²) in [6.45, 7) is 6.15. The van der Waals surface area contributed by atoms with Crippen LogP contribution in [-0.4, -0.2) is 17.2 Å². The predicted octanol–water partition coefficient (Wildman–Crippen LogP) is 5.35. The van der Waals surface area contributed by atoms with Crippen molar-refractivity contribution in [1.82, 2.24) is 0 Å². The van der Waals surface area contributed by atoms with Crippen LogP contribution in [-0.2, 0) is 4.79 Å². The Hall–Kier alpha value is -3.18. The van der Waals surface area contributed by atoms with E-state index in [1.807, 2.05) is 19.9 Å². The van der Waals surface area contributed by atoms with E-state index in [1.165, 1.54) is 12.1 Å². The third-order valence-corrected chi connectivity index (χ3v) is 6.39. The molecule has 0 N–H and O–H groups in total. The molecule has 0 saturated heterocycles. The first-order chi connectivity index (χ1) is 14.7. The van der Waals surface area contributed by atoms with E-state index in [1.54, 1.807) is 35.2 Å². The monoisotopic (exact) mass is 433 g/mol. The molecule has 0 radical (unpaired) electrons. The van der Waals surface area contributed by atoms with Gasteiger partial charge in [-0.15, -0.1) is 0 Å². The van der Waals surface area contributed by atoms with E-state index in [-0.39, 0.29) is 23.0 Å². The molecular weight excluding hydrogens is 414 g/mol. The predicted molar refractivity (Wildman–Crippen MR) is 121 cm³/mol. The van der Waals surface area contributed by atoms with Crippen LogP contribution in [0.25, 0.3) is 16.5 Å². The first-order valence-electron chi connectivity index (χ1n) is 10.1. The van der Waals surface area contributed by atoms with Crippen LogP contribution in [0.15, 0.2) is 57.8 Å². The van der Waals surface area contributed by atoms with Crippen molar-refractivity contribution in [1.29, 1.82) is 0 Å². The van der Waals surface area contributed by atoms with Gasteiger partial charge >= 0.3 is 5.63 Å². The van der Waals surface area contributed by atoms with Crippen LogP contribution in [0.5, 0.6) is 0 Å². The second kappa shape index (κ2) is 6.66. The fraction of sp³-hybridized carbons (Fsp3) is 0.240. The molecule has 6 heteroatoms. The normalized spacial score (nSPS) is 20.4. The molecule has 2 aromatic carbocycles. The maximum Gasteiger partial charge on any atom is 0.347 e. The SMILES string of the molecule is CC1CC(C)(C)N2C(=O)/C(=C\C(=O)c3cc4ccccc4oc3=O)c3cc(Cl)cc1c32. The fourth-order valence-electron chi connectivity index (χ4n) is 4.90. The molecule has 3 heterocycles. The first-order valence-corrected chi connectivity index (χ1v) is 10.5. The average Bonchev–Trinajstić information content (AvgIpc) is 2.98. The second-order valence-electron chi connectivity index (χ2n) is 8.86. The molecule has 5 rings (SSSR count). The topological polar surface area (TPSA) is 67.6 Å². The maximum absolute atomic E-state index is 13.4. The minimum absolute atomic E-state index is 0.108. The van der Waals surface area contributed by atoms with Crippen molar-refractivity contribution in [2.75, 3.05) is 4.90 Å².